The van der Waals surface area contributed by atoms with Gasteiger partial charge in [0.15, 0.2) is 0 Å². The standard InChI is InChI=1S/C10H19/c1-8(2)10-6-4-5-9(3)7-10/h7-10H,4-6H2,1-3H3. The third-order valence-corrected chi connectivity index (χ3v) is 2.63. The zero-order valence-corrected chi connectivity index (χ0v) is 7.43. The molecule has 0 aromatic heterocycles. The highest BCUT2D eigenvalue weighted by Crippen LogP contribution is 2.31. The molecule has 0 bridgehead atoms. The van der Waals surface area contributed by atoms with Gasteiger partial charge in [-0.1, -0.05) is 33.6 Å². The van der Waals surface area contributed by atoms with E-state index in [4.69, 9.17) is 0 Å². The van der Waals surface area contributed by atoms with E-state index in [0.717, 1.165) is 17.8 Å². The van der Waals surface area contributed by atoms with E-state index >= 15 is 0 Å². The fraction of sp³-hybridized carbons (Fsp3) is 0.900. The molecule has 2 unspecified atom stereocenters. The van der Waals surface area contributed by atoms with Crippen molar-refractivity contribution >= 4 is 0 Å². The summed E-state index contributed by atoms with van der Waals surface area (Å²) in [6.07, 6.45) is 6.85. The molecule has 1 radical (unpaired) electrons. The maximum Gasteiger partial charge on any atom is -0.0324 e. The highest BCUT2D eigenvalue weighted by atomic mass is 14.3. The predicted octanol–water partition coefficient (Wildman–Crippen LogP) is 3.28. The summed E-state index contributed by atoms with van der Waals surface area (Å²) in [5, 5.41) is 0. The molecule has 0 aromatic carbocycles. The summed E-state index contributed by atoms with van der Waals surface area (Å²) in [7, 11) is 0. The zero-order valence-electron chi connectivity index (χ0n) is 7.43. The second-order valence-electron chi connectivity index (χ2n) is 4.01. The summed E-state index contributed by atoms with van der Waals surface area (Å²) in [6.45, 7) is 7.01. The predicted molar refractivity (Wildman–Crippen MR) is 45.6 cm³/mol. The van der Waals surface area contributed by atoms with E-state index in [9.17, 15) is 0 Å². The molecule has 2 atom stereocenters. The number of hydrogen-bond donors (Lipinski definition) is 0. The lowest BCUT2D eigenvalue weighted by Crippen LogP contribution is -2.18. The van der Waals surface area contributed by atoms with Crippen molar-refractivity contribution in [3.63, 3.8) is 0 Å². The van der Waals surface area contributed by atoms with Crippen LogP contribution in [0.1, 0.15) is 40.0 Å². The van der Waals surface area contributed by atoms with Crippen molar-refractivity contribution in [2.24, 2.45) is 17.8 Å². The molecule has 0 nitrogen and oxygen atoms in total. The SMILES string of the molecule is CC1[CH]C(C(C)C)CCC1. The molecule has 0 heteroatoms. The number of hydrogen-bond acceptors (Lipinski definition) is 0. The van der Waals surface area contributed by atoms with E-state index in [-0.39, 0.29) is 0 Å². The highest BCUT2D eigenvalue weighted by molar-refractivity contribution is 4.87. The van der Waals surface area contributed by atoms with Crippen LogP contribution in [-0.2, 0) is 0 Å². The van der Waals surface area contributed by atoms with Gasteiger partial charge < -0.3 is 0 Å². The molecule has 10 heavy (non-hydrogen) atoms. The van der Waals surface area contributed by atoms with E-state index in [1.165, 1.54) is 19.3 Å². The Morgan fingerprint density at radius 2 is 2.00 bits per heavy atom. The minimum absolute atomic E-state index is 0.864. The molecule has 0 aliphatic heterocycles. The molecule has 0 amide bonds. The zero-order chi connectivity index (χ0) is 7.56. The molecular formula is C10H19. The Morgan fingerprint density at radius 1 is 1.30 bits per heavy atom. The highest BCUT2D eigenvalue weighted by Gasteiger charge is 2.21. The maximum atomic E-state index is 2.55. The van der Waals surface area contributed by atoms with Crippen LogP contribution in [0.15, 0.2) is 0 Å². The van der Waals surface area contributed by atoms with Crippen LogP contribution in [0.5, 0.6) is 0 Å². The van der Waals surface area contributed by atoms with Gasteiger partial charge in [-0.25, -0.2) is 0 Å². The smallest absolute Gasteiger partial charge is 0.0324 e. The van der Waals surface area contributed by atoms with Crippen molar-refractivity contribution in [3.8, 4) is 0 Å². The van der Waals surface area contributed by atoms with Gasteiger partial charge >= 0.3 is 0 Å². The first-order valence-corrected chi connectivity index (χ1v) is 4.55. The average molecular weight is 139 g/mol. The van der Waals surface area contributed by atoms with Gasteiger partial charge in [-0.15, -0.1) is 0 Å². The van der Waals surface area contributed by atoms with E-state index in [1.807, 2.05) is 0 Å². The van der Waals surface area contributed by atoms with E-state index < -0.39 is 0 Å². The van der Waals surface area contributed by atoms with Gasteiger partial charge in [0.2, 0.25) is 0 Å². The maximum absolute atomic E-state index is 2.55. The van der Waals surface area contributed by atoms with Crippen molar-refractivity contribution in [2.45, 2.75) is 40.0 Å². The molecule has 0 heterocycles. The summed E-state index contributed by atoms with van der Waals surface area (Å²) in [5.74, 6) is 2.65. The van der Waals surface area contributed by atoms with E-state index in [2.05, 4.69) is 27.2 Å². The van der Waals surface area contributed by atoms with Crippen LogP contribution < -0.4 is 0 Å². The Balaban J connectivity index is 2.32. The summed E-state index contributed by atoms with van der Waals surface area (Å²) in [6, 6.07) is 0. The van der Waals surface area contributed by atoms with Gasteiger partial charge in [0.05, 0.1) is 0 Å². The van der Waals surface area contributed by atoms with Gasteiger partial charge in [0, 0.05) is 0 Å². The molecule has 1 fully saturated rings. The first kappa shape index (κ1) is 8.10. The van der Waals surface area contributed by atoms with Gasteiger partial charge in [-0.3, -0.25) is 0 Å². The lowest BCUT2D eigenvalue weighted by atomic mass is 9.77. The minimum Gasteiger partial charge on any atom is -0.0625 e. The Labute approximate surface area is 65.0 Å². The third-order valence-electron chi connectivity index (χ3n) is 2.63. The van der Waals surface area contributed by atoms with Crippen LogP contribution in [-0.4, -0.2) is 0 Å². The van der Waals surface area contributed by atoms with Gasteiger partial charge in [0.25, 0.3) is 0 Å². The van der Waals surface area contributed by atoms with Gasteiger partial charge in [-0.05, 0) is 30.6 Å². The minimum atomic E-state index is 0.864. The largest absolute Gasteiger partial charge is 0.0625 e. The van der Waals surface area contributed by atoms with Crippen LogP contribution in [0, 0.1) is 24.2 Å². The first-order chi connectivity index (χ1) is 4.70. The van der Waals surface area contributed by atoms with Crippen LogP contribution in [0.25, 0.3) is 0 Å². The van der Waals surface area contributed by atoms with Crippen LogP contribution in [0.3, 0.4) is 0 Å². The lowest BCUT2D eigenvalue weighted by Gasteiger charge is -2.28. The Bertz CT molecular complexity index is 94.2. The van der Waals surface area contributed by atoms with Gasteiger partial charge in [-0.2, -0.15) is 0 Å². The second-order valence-corrected chi connectivity index (χ2v) is 4.01. The van der Waals surface area contributed by atoms with E-state index in [0.29, 0.717) is 0 Å². The fourth-order valence-electron chi connectivity index (χ4n) is 1.85. The van der Waals surface area contributed by atoms with Crippen molar-refractivity contribution < 1.29 is 0 Å². The molecule has 0 N–H and O–H groups in total. The van der Waals surface area contributed by atoms with Gasteiger partial charge in [0.1, 0.15) is 0 Å². The molecule has 59 valence electrons. The molecular weight excluding hydrogens is 120 g/mol. The van der Waals surface area contributed by atoms with Crippen LogP contribution in [0.2, 0.25) is 0 Å². The summed E-state index contributed by atoms with van der Waals surface area (Å²) in [5.41, 5.74) is 0. The molecule has 1 aliphatic carbocycles. The second kappa shape index (κ2) is 3.41. The average Bonchev–Trinajstić information content (AvgIpc) is 1.88. The number of rotatable bonds is 1. The summed E-state index contributed by atoms with van der Waals surface area (Å²) in [4.78, 5) is 0. The van der Waals surface area contributed by atoms with Crippen molar-refractivity contribution in [1.29, 1.82) is 0 Å². The van der Waals surface area contributed by atoms with Crippen LogP contribution >= 0.6 is 0 Å². The normalized spacial score (nSPS) is 34.8. The molecule has 0 spiro atoms. The molecule has 0 aromatic rings. The molecule has 1 aliphatic rings. The topological polar surface area (TPSA) is 0 Å². The Kier molecular flexibility index (Phi) is 2.76. The quantitative estimate of drug-likeness (QED) is 0.523. The summed E-state index contributed by atoms with van der Waals surface area (Å²) < 4.78 is 0. The monoisotopic (exact) mass is 139 g/mol. The lowest BCUT2D eigenvalue weighted by molar-refractivity contribution is 0.306. The van der Waals surface area contributed by atoms with Crippen molar-refractivity contribution in [2.75, 3.05) is 0 Å². The van der Waals surface area contributed by atoms with Crippen molar-refractivity contribution in [3.05, 3.63) is 6.42 Å². The van der Waals surface area contributed by atoms with Crippen LogP contribution in [0.4, 0.5) is 0 Å². The first-order valence-electron chi connectivity index (χ1n) is 4.55. The molecule has 0 saturated heterocycles. The summed E-state index contributed by atoms with van der Waals surface area (Å²) >= 11 is 0. The Morgan fingerprint density at radius 3 is 2.40 bits per heavy atom. The Hall–Kier alpha value is 0. The van der Waals surface area contributed by atoms with Crippen molar-refractivity contribution in [1.82, 2.24) is 0 Å². The fourth-order valence-corrected chi connectivity index (χ4v) is 1.85. The molecule has 1 rings (SSSR count). The van der Waals surface area contributed by atoms with E-state index in [1.54, 1.807) is 0 Å². The molecule has 1 saturated carbocycles. The third kappa shape index (κ3) is 2.00.